The Morgan fingerprint density at radius 2 is 2.19 bits per heavy atom. The summed E-state index contributed by atoms with van der Waals surface area (Å²) in [6, 6.07) is 1.46. The van der Waals surface area contributed by atoms with Crippen molar-refractivity contribution in [3.8, 4) is 0 Å². The van der Waals surface area contributed by atoms with Crippen LogP contribution < -0.4 is 0 Å². The van der Waals surface area contributed by atoms with Gasteiger partial charge in [-0.2, -0.15) is 0 Å². The first-order chi connectivity index (χ1) is 7.77. The van der Waals surface area contributed by atoms with E-state index in [1.165, 1.54) is 37.9 Å². The number of ketones is 1. The van der Waals surface area contributed by atoms with Gasteiger partial charge in [0.1, 0.15) is 0 Å². The van der Waals surface area contributed by atoms with Gasteiger partial charge in [0.05, 0.1) is 11.8 Å². The fraction of sp³-hybridized carbons (Fsp3) is 0.538. The third kappa shape index (κ3) is 2.65. The lowest BCUT2D eigenvalue weighted by molar-refractivity contribution is 0.0970. The van der Waals surface area contributed by atoms with E-state index in [2.05, 4.69) is 4.98 Å². The number of carbonyl (C=O) groups is 1. The zero-order valence-electron chi connectivity index (χ0n) is 9.29. The molecule has 0 amide bonds. The maximum absolute atomic E-state index is 13.3. The van der Waals surface area contributed by atoms with Crippen molar-refractivity contribution < 1.29 is 9.18 Å². The Bertz CT molecular complexity index is 372. The van der Waals surface area contributed by atoms with Gasteiger partial charge in [0.15, 0.2) is 11.6 Å². The Hall–Kier alpha value is -1.25. The Balaban J connectivity index is 1.90. The predicted octanol–water partition coefficient (Wildman–Crippen LogP) is 3.37. The Kier molecular flexibility index (Phi) is 3.65. The maximum Gasteiger partial charge on any atom is 0.165 e. The van der Waals surface area contributed by atoms with Gasteiger partial charge >= 0.3 is 0 Å². The first kappa shape index (κ1) is 11.2. The lowest BCUT2D eigenvalue weighted by atomic mass is 9.98. The first-order valence-corrected chi connectivity index (χ1v) is 5.90. The molecule has 0 bridgehead atoms. The Labute approximate surface area is 94.9 Å². The molecule has 0 radical (unpaired) electrons. The van der Waals surface area contributed by atoms with E-state index in [-0.39, 0.29) is 11.3 Å². The first-order valence-electron chi connectivity index (χ1n) is 5.90. The van der Waals surface area contributed by atoms with Gasteiger partial charge in [0.25, 0.3) is 0 Å². The smallest absolute Gasteiger partial charge is 0.165 e. The summed E-state index contributed by atoms with van der Waals surface area (Å²) in [7, 11) is 0. The van der Waals surface area contributed by atoms with Crippen molar-refractivity contribution in [2.45, 2.75) is 38.5 Å². The lowest BCUT2D eigenvalue weighted by Gasteiger charge is -2.07. The molecule has 0 atom stereocenters. The van der Waals surface area contributed by atoms with Crippen LogP contribution in [0.1, 0.15) is 48.9 Å². The highest BCUT2D eigenvalue weighted by Crippen LogP contribution is 2.29. The third-order valence-corrected chi connectivity index (χ3v) is 3.33. The second kappa shape index (κ2) is 5.19. The quantitative estimate of drug-likeness (QED) is 0.729. The summed E-state index contributed by atoms with van der Waals surface area (Å²) >= 11 is 0. The molecule has 1 heterocycles. The second-order valence-corrected chi connectivity index (χ2v) is 4.47. The number of hydrogen-bond donors (Lipinski definition) is 0. The van der Waals surface area contributed by atoms with E-state index < -0.39 is 5.82 Å². The second-order valence-electron chi connectivity index (χ2n) is 4.47. The summed E-state index contributed by atoms with van der Waals surface area (Å²) in [5, 5.41) is 0. The van der Waals surface area contributed by atoms with Gasteiger partial charge in [-0.1, -0.05) is 25.7 Å². The summed E-state index contributed by atoms with van der Waals surface area (Å²) in [6.45, 7) is 0. The number of Topliss-reactive ketones (excluding diaryl/α,β-unsaturated/α-hetero) is 1. The number of aromatic nitrogens is 1. The van der Waals surface area contributed by atoms with Gasteiger partial charge in [0, 0.05) is 12.6 Å². The molecule has 0 saturated heterocycles. The summed E-state index contributed by atoms with van der Waals surface area (Å²) in [4.78, 5) is 15.4. The molecule has 16 heavy (non-hydrogen) atoms. The average molecular weight is 221 g/mol. The van der Waals surface area contributed by atoms with Gasteiger partial charge in [-0.25, -0.2) is 4.39 Å². The number of halogens is 1. The molecule has 0 spiro atoms. The van der Waals surface area contributed by atoms with E-state index in [9.17, 15) is 9.18 Å². The van der Waals surface area contributed by atoms with Crippen LogP contribution in [0.3, 0.4) is 0 Å². The minimum absolute atomic E-state index is 0.0909. The third-order valence-electron chi connectivity index (χ3n) is 3.33. The minimum atomic E-state index is -0.501. The van der Waals surface area contributed by atoms with Crippen LogP contribution in [0, 0.1) is 11.7 Å². The highest BCUT2D eigenvalue weighted by atomic mass is 19.1. The van der Waals surface area contributed by atoms with Gasteiger partial charge in [0.2, 0.25) is 0 Å². The Morgan fingerprint density at radius 3 is 2.88 bits per heavy atom. The van der Waals surface area contributed by atoms with Crippen LogP contribution in [-0.2, 0) is 0 Å². The van der Waals surface area contributed by atoms with E-state index >= 15 is 0 Å². The normalized spacial score (nSPS) is 16.6. The number of pyridine rings is 1. The van der Waals surface area contributed by atoms with Gasteiger partial charge in [-0.05, 0) is 18.4 Å². The molecule has 1 saturated carbocycles. The number of nitrogens with zero attached hydrogens (tertiary/aromatic N) is 1. The number of rotatable bonds is 4. The molecular formula is C13H16FNO. The van der Waals surface area contributed by atoms with Crippen LogP contribution in [0.25, 0.3) is 0 Å². The summed E-state index contributed by atoms with van der Waals surface area (Å²) < 4.78 is 13.3. The van der Waals surface area contributed by atoms with E-state index in [1.54, 1.807) is 0 Å². The summed E-state index contributed by atoms with van der Waals surface area (Å²) in [5.41, 5.74) is 0.188. The molecule has 0 unspecified atom stereocenters. The highest BCUT2D eigenvalue weighted by molar-refractivity contribution is 5.96. The molecule has 1 aliphatic carbocycles. The molecule has 1 aliphatic rings. The Morgan fingerprint density at radius 1 is 1.44 bits per heavy atom. The van der Waals surface area contributed by atoms with Crippen molar-refractivity contribution in [2.75, 3.05) is 0 Å². The molecule has 2 nitrogen and oxygen atoms in total. The predicted molar refractivity (Wildman–Crippen MR) is 59.7 cm³/mol. The van der Waals surface area contributed by atoms with Crippen LogP contribution in [-0.4, -0.2) is 10.8 Å². The molecular weight excluding hydrogens is 205 g/mol. The van der Waals surface area contributed by atoms with Crippen molar-refractivity contribution in [1.82, 2.24) is 4.98 Å². The van der Waals surface area contributed by atoms with Gasteiger partial charge < -0.3 is 0 Å². The topological polar surface area (TPSA) is 30.0 Å². The van der Waals surface area contributed by atoms with Crippen molar-refractivity contribution in [3.05, 3.63) is 29.8 Å². The molecule has 3 heteroatoms. The van der Waals surface area contributed by atoms with Crippen molar-refractivity contribution >= 4 is 5.78 Å². The molecule has 0 aromatic carbocycles. The molecule has 1 aromatic heterocycles. The molecule has 1 aromatic rings. The van der Waals surface area contributed by atoms with E-state index in [4.69, 9.17) is 0 Å². The summed E-state index contributed by atoms with van der Waals surface area (Å²) in [6.07, 6.45) is 8.95. The fourth-order valence-electron chi connectivity index (χ4n) is 2.37. The monoisotopic (exact) mass is 221 g/mol. The van der Waals surface area contributed by atoms with Crippen LogP contribution in [0.2, 0.25) is 0 Å². The van der Waals surface area contributed by atoms with Crippen molar-refractivity contribution in [1.29, 1.82) is 0 Å². The van der Waals surface area contributed by atoms with Crippen LogP contribution in [0.4, 0.5) is 4.39 Å². The van der Waals surface area contributed by atoms with E-state index in [0.717, 1.165) is 12.6 Å². The van der Waals surface area contributed by atoms with Crippen LogP contribution >= 0.6 is 0 Å². The van der Waals surface area contributed by atoms with Crippen molar-refractivity contribution in [3.63, 3.8) is 0 Å². The number of hydrogen-bond acceptors (Lipinski definition) is 2. The SMILES string of the molecule is O=C(CCC1CCCC1)c1ccncc1F. The molecule has 0 aliphatic heterocycles. The van der Waals surface area contributed by atoms with Gasteiger partial charge in [-0.15, -0.1) is 0 Å². The largest absolute Gasteiger partial charge is 0.294 e. The van der Waals surface area contributed by atoms with Crippen LogP contribution in [0.15, 0.2) is 18.5 Å². The molecule has 2 rings (SSSR count). The standard InChI is InChI=1S/C13H16FNO/c14-12-9-15-8-7-11(12)13(16)6-5-10-3-1-2-4-10/h7-10H,1-6H2. The molecule has 1 fully saturated rings. The fourth-order valence-corrected chi connectivity index (χ4v) is 2.37. The average Bonchev–Trinajstić information content (AvgIpc) is 2.79. The zero-order valence-corrected chi connectivity index (χ0v) is 9.29. The molecule has 86 valence electrons. The highest BCUT2D eigenvalue weighted by Gasteiger charge is 2.18. The van der Waals surface area contributed by atoms with E-state index in [1.807, 2.05) is 0 Å². The van der Waals surface area contributed by atoms with E-state index in [0.29, 0.717) is 12.3 Å². The lowest BCUT2D eigenvalue weighted by Crippen LogP contribution is -2.05. The summed E-state index contributed by atoms with van der Waals surface area (Å²) in [5.74, 6) is 0.0829. The van der Waals surface area contributed by atoms with Gasteiger partial charge in [-0.3, -0.25) is 9.78 Å². The maximum atomic E-state index is 13.3. The number of carbonyl (C=O) groups excluding carboxylic acids is 1. The minimum Gasteiger partial charge on any atom is -0.294 e. The molecule has 0 N–H and O–H groups in total. The zero-order chi connectivity index (χ0) is 11.4. The van der Waals surface area contributed by atoms with Crippen molar-refractivity contribution in [2.24, 2.45) is 5.92 Å². The van der Waals surface area contributed by atoms with Crippen LogP contribution in [0.5, 0.6) is 0 Å².